The van der Waals surface area contributed by atoms with Crippen LogP contribution >= 0.6 is 0 Å². The topological polar surface area (TPSA) is 116 Å². The van der Waals surface area contributed by atoms with Gasteiger partial charge in [0, 0.05) is 13.0 Å². The van der Waals surface area contributed by atoms with Gasteiger partial charge in [0.15, 0.2) is 5.82 Å². The summed E-state index contributed by atoms with van der Waals surface area (Å²) in [5.41, 5.74) is -0.544. The fourth-order valence-electron chi connectivity index (χ4n) is 3.41. The van der Waals surface area contributed by atoms with E-state index in [1.165, 1.54) is 39.2 Å². The van der Waals surface area contributed by atoms with Crippen LogP contribution in [0.5, 0.6) is 0 Å². The summed E-state index contributed by atoms with van der Waals surface area (Å²) >= 11 is 0. The number of hydrogen-bond acceptors (Lipinski definition) is 7. The van der Waals surface area contributed by atoms with Gasteiger partial charge in [0.2, 0.25) is 5.89 Å². The van der Waals surface area contributed by atoms with Crippen LogP contribution < -0.4 is 10.6 Å². The molecule has 1 unspecified atom stereocenters. The average molecular weight is 411 g/mol. The molecule has 0 aromatic carbocycles. The second kappa shape index (κ2) is 11.0. The smallest absolute Gasteiger partial charge is 0.407 e. The number of aromatic nitrogens is 2. The third kappa shape index (κ3) is 8.70. The molecule has 0 radical (unpaired) electrons. The van der Waals surface area contributed by atoms with Gasteiger partial charge in [-0.2, -0.15) is 4.98 Å². The highest BCUT2D eigenvalue weighted by molar-refractivity contribution is 5.68. The summed E-state index contributed by atoms with van der Waals surface area (Å²) in [6.45, 7) is 5.83. The highest BCUT2D eigenvalue weighted by atomic mass is 16.6. The molecule has 1 aliphatic carbocycles. The van der Waals surface area contributed by atoms with Crippen LogP contribution in [-0.2, 0) is 15.9 Å². The van der Waals surface area contributed by atoms with Gasteiger partial charge in [-0.15, -0.1) is 0 Å². The van der Waals surface area contributed by atoms with Gasteiger partial charge in [-0.1, -0.05) is 37.3 Å². The normalized spacial score (nSPS) is 16.1. The number of alkyl carbamates (subject to hydrolysis) is 2. The van der Waals surface area contributed by atoms with Crippen LogP contribution in [0.4, 0.5) is 9.59 Å². The number of hydrogen-bond donors (Lipinski definition) is 2. The van der Waals surface area contributed by atoms with Crippen LogP contribution in [0, 0.1) is 5.92 Å². The van der Waals surface area contributed by atoms with E-state index in [0.717, 1.165) is 6.42 Å². The lowest BCUT2D eigenvalue weighted by Gasteiger charge is -2.20. The van der Waals surface area contributed by atoms with Gasteiger partial charge in [-0.25, -0.2) is 9.59 Å². The molecule has 9 heteroatoms. The molecule has 0 aliphatic heterocycles. The van der Waals surface area contributed by atoms with Crippen molar-refractivity contribution in [1.82, 2.24) is 20.8 Å². The molecule has 164 valence electrons. The summed E-state index contributed by atoms with van der Waals surface area (Å²) in [6.07, 6.45) is 7.08. The number of carbonyl (C=O) groups is 2. The van der Waals surface area contributed by atoms with E-state index in [4.69, 9.17) is 14.0 Å². The van der Waals surface area contributed by atoms with Crippen LogP contribution in [0.2, 0.25) is 0 Å². The van der Waals surface area contributed by atoms with Crippen molar-refractivity contribution < 1.29 is 23.6 Å². The van der Waals surface area contributed by atoms with E-state index in [2.05, 4.69) is 20.8 Å². The second-order valence-corrected chi connectivity index (χ2v) is 8.52. The van der Waals surface area contributed by atoms with E-state index < -0.39 is 23.8 Å². The number of amides is 2. The van der Waals surface area contributed by atoms with Gasteiger partial charge >= 0.3 is 12.2 Å². The first-order valence-corrected chi connectivity index (χ1v) is 10.4. The van der Waals surface area contributed by atoms with Crippen molar-refractivity contribution in [2.75, 3.05) is 13.7 Å². The molecule has 1 aliphatic rings. The molecule has 1 atom stereocenters. The van der Waals surface area contributed by atoms with Gasteiger partial charge in [0.25, 0.3) is 0 Å². The zero-order valence-electron chi connectivity index (χ0n) is 18.0. The molecule has 1 fully saturated rings. The molecular formula is C20H34N4O5. The van der Waals surface area contributed by atoms with E-state index >= 15 is 0 Å². The molecule has 2 amide bonds. The summed E-state index contributed by atoms with van der Waals surface area (Å²) in [7, 11) is 1.30. The van der Waals surface area contributed by atoms with Gasteiger partial charge in [0.1, 0.15) is 11.6 Å². The Bertz CT molecular complexity index is 650. The minimum atomic E-state index is -0.567. The molecule has 0 spiro atoms. The van der Waals surface area contributed by atoms with Crippen molar-refractivity contribution in [2.45, 2.75) is 83.8 Å². The van der Waals surface area contributed by atoms with Crippen molar-refractivity contribution in [3.05, 3.63) is 11.7 Å². The van der Waals surface area contributed by atoms with Crippen molar-refractivity contribution in [1.29, 1.82) is 0 Å². The Morgan fingerprint density at radius 2 is 1.93 bits per heavy atom. The Morgan fingerprint density at radius 3 is 2.59 bits per heavy atom. The number of nitrogens with one attached hydrogen (secondary N) is 2. The predicted molar refractivity (Wildman–Crippen MR) is 106 cm³/mol. The third-order valence-electron chi connectivity index (χ3n) is 4.79. The molecule has 9 nitrogen and oxygen atoms in total. The number of ether oxygens (including phenoxy) is 2. The van der Waals surface area contributed by atoms with Crippen molar-refractivity contribution >= 4 is 12.2 Å². The summed E-state index contributed by atoms with van der Waals surface area (Å²) in [6, 6.07) is -0.476. The number of methoxy groups -OCH3 is 1. The first-order chi connectivity index (χ1) is 13.8. The largest absolute Gasteiger partial charge is 0.453 e. The lowest BCUT2D eigenvalue weighted by Crippen LogP contribution is -2.34. The number of nitrogens with zero attached hydrogens (tertiary/aromatic N) is 2. The molecule has 1 heterocycles. The van der Waals surface area contributed by atoms with Crippen LogP contribution in [0.3, 0.4) is 0 Å². The lowest BCUT2D eigenvalue weighted by atomic mass is 9.87. The molecule has 1 aromatic heterocycles. The molecule has 1 aromatic rings. The SMILES string of the molecule is COC(=O)NC(CCCNC(=O)OC(C)(C)C)c1nc(CC2CCCCC2)no1. The zero-order chi connectivity index (χ0) is 21.3. The van der Waals surface area contributed by atoms with E-state index in [0.29, 0.717) is 37.0 Å². The van der Waals surface area contributed by atoms with E-state index in [9.17, 15) is 9.59 Å². The monoisotopic (exact) mass is 410 g/mol. The fraction of sp³-hybridized carbons (Fsp3) is 0.800. The maximum absolute atomic E-state index is 11.7. The average Bonchev–Trinajstić information content (AvgIpc) is 3.11. The zero-order valence-corrected chi connectivity index (χ0v) is 18.0. The molecule has 29 heavy (non-hydrogen) atoms. The maximum Gasteiger partial charge on any atom is 0.407 e. The van der Waals surface area contributed by atoms with Crippen LogP contribution in [0.25, 0.3) is 0 Å². The Balaban J connectivity index is 1.87. The predicted octanol–water partition coefficient (Wildman–Crippen LogP) is 3.89. The highest BCUT2D eigenvalue weighted by Gasteiger charge is 2.23. The Labute approximate surface area is 172 Å². The lowest BCUT2D eigenvalue weighted by molar-refractivity contribution is 0.0526. The summed E-state index contributed by atoms with van der Waals surface area (Å²) in [5.74, 6) is 1.63. The van der Waals surface area contributed by atoms with E-state index in [-0.39, 0.29) is 0 Å². The van der Waals surface area contributed by atoms with E-state index in [1.807, 2.05) is 20.8 Å². The first-order valence-electron chi connectivity index (χ1n) is 10.4. The quantitative estimate of drug-likeness (QED) is 0.625. The highest BCUT2D eigenvalue weighted by Crippen LogP contribution is 2.26. The molecular weight excluding hydrogens is 376 g/mol. The molecule has 0 saturated heterocycles. The number of rotatable bonds is 8. The van der Waals surface area contributed by atoms with Gasteiger partial charge in [-0.05, 0) is 39.5 Å². The Hall–Kier alpha value is -2.32. The van der Waals surface area contributed by atoms with Gasteiger partial charge in [-0.3, -0.25) is 0 Å². The van der Waals surface area contributed by atoms with E-state index in [1.54, 1.807) is 0 Å². The van der Waals surface area contributed by atoms with Crippen molar-refractivity contribution in [2.24, 2.45) is 5.92 Å². The van der Waals surface area contributed by atoms with Gasteiger partial charge in [0.05, 0.1) is 7.11 Å². The van der Waals surface area contributed by atoms with Crippen molar-refractivity contribution in [3.8, 4) is 0 Å². The van der Waals surface area contributed by atoms with Crippen LogP contribution in [0.15, 0.2) is 4.52 Å². The maximum atomic E-state index is 11.7. The Morgan fingerprint density at radius 1 is 1.21 bits per heavy atom. The minimum Gasteiger partial charge on any atom is -0.453 e. The molecule has 2 rings (SSSR count). The fourth-order valence-corrected chi connectivity index (χ4v) is 3.41. The summed E-state index contributed by atoms with van der Waals surface area (Å²) < 4.78 is 15.3. The molecule has 0 bridgehead atoms. The van der Waals surface area contributed by atoms with Crippen LogP contribution in [-0.4, -0.2) is 41.6 Å². The summed E-state index contributed by atoms with van der Waals surface area (Å²) in [4.78, 5) is 27.9. The second-order valence-electron chi connectivity index (χ2n) is 8.52. The standard InChI is InChI=1S/C20H34N4O5/c1-20(2,3)28-18(25)21-12-8-11-15(22-19(26)27-4)17-23-16(24-29-17)13-14-9-6-5-7-10-14/h14-15H,5-13H2,1-4H3,(H,21,25)(H,22,26). The van der Waals surface area contributed by atoms with Gasteiger partial charge < -0.3 is 24.6 Å². The molecule has 2 N–H and O–H groups in total. The third-order valence-corrected chi connectivity index (χ3v) is 4.79. The first kappa shape index (κ1) is 23.0. The minimum absolute atomic E-state index is 0.360. The van der Waals surface area contributed by atoms with Crippen molar-refractivity contribution in [3.63, 3.8) is 0 Å². The number of carbonyl (C=O) groups excluding carboxylic acids is 2. The molecule has 1 saturated carbocycles. The van der Waals surface area contributed by atoms with Crippen LogP contribution in [0.1, 0.15) is 83.5 Å². The summed E-state index contributed by atoms with van der Waals surface area (Å²) in [5, 5.41) is 9.52. The Kier molecular flexibility index (Phi) is 8.72.